The zero-order valence-corrected chi connectivity index (χ0v) is 11.7. The van der Waals surface area contributed by atoms with Crippen LogP contribution in [0.3, 0.4) is 0 Å². The van der Waals surface area contributed by atoms with Crippen molar-refractivity contribution >= 4 is 46.9 Å². The predicted octanol–water partition coefficient (Wildman–Crippen LogP) is 1.57. The molecule has 5 nitrogen and oxygen atoms in total. The van der Waals surface area contributed by atoms with E-state index in [9.17, 15) is 14.7 Å². The van der Waals surface area contributed by atoms with Gasteiger partial charge in [-0.2, -0.15) is 0 Å². The number of aliphatic carboxylic acids is 1. The lowest BCUT2D eigenvalue weighted by Crippen LogP contribution is -2.42. The predicted molar refractivity (Wildman–Crippen MR) is 69.0 cm³/mol. The number of hydrogen-bond acceptors (Lipinski definition) is 4. The summed E-state index contributed by atoms with van der Waals surface area (Å²) in [6.07, 6.45) is -1.02. The normalized spacial score (nSPS) is 12.6. The number of carboxylic acid groups (broad SMARTS) is 1. The SMILES string of the molecule is O=C(N[C@@H](C(=O)[O-])c1ccccc1)OCC(Cl)(Cl)Cl. The molecule has 1 aromatic rings. The van der Waals surface area contributed by atoms with E-state index in [2.05, 4.69) is 10.1 Å². The van der Waals surface area contributed by atoms with Gasteiger partial charge in [0.25, 0.3) is 0 Å². The number of ether oxygens (including phenoxy) is 1. The van der Waals surface area contributed by atoms with Gasteiger partial charge in [-0.15, -0.1) is 0 Å². The van der Waals surface area contributed by atoms with E-state index in [1.807, 2.05) is 0 Å². The third kappa shape index (κ3) is 6.00. The molecular formula is C11H9Cl3NO4-. The number of hydrogen-bond donors (Lipinski definition) is 1. The van der Waals surface area contributed by atoms with Crippen LogP contribution in [0.1, 0.15) is 11.6 Å². The number of rotatable bonds is 4. The second-order valence-corrected chi connectivity index (χ2v) is 6.01. The monoisotopic (exact) mass is 324 g/mol. The lowest BCUT2D eigenvalue weighted by atomic mass is 10.1. The van der Waals surface area contributed by atoms with Gasteiger partial charge in [0.2, 0.25) is 3.79 Å². The molecule has 1 atom stereocenters. The molecule has 1 rings (SSSR count). The smallest absolute Gasteiger partial charge is 0.408 e. The van der Waals surface area contributed by atoms with Crippen molar-refractivity contribution in [1.82, 2.24) is 5.32 Å². The molecule has 0 bridgehead atoms. The van der Waals surface area contributed by atoms with E-state index >= 15 is 0 Å². The van der Waals surface area contributed by atoms with E-state index in [4.69, 9.17) is 34.8 Å². The maximum Gasteiger partial charge on any atom is 0.408 e. The lowest BCUT2D eigenvalue weighted by Gasteiger charge is -2.20. The Morgan fingerprint density at radius 3 is 2.32 bits per heavy atom. The number of alkyl carbamates (subject to hydrolysis) is 1. The minimum Gasteiger partial charge on any atom is -0.548 e. The van der Waals surface area contributed by atoms with Crippen LogP contribution in [0.25, 0.3) is 0 Å². The second kappa shape index (κ2) is 6.84. The highest BCUT2D eigenvalue weighted by Gasteiger charge is 2.23. The zero-order chi connectivity index (χ0) is 14.5. The molecule has 0 aliphatic heterocycles. The fourth-order valence-corrected chi connectivity index (χ4v) is 1.39. The molecule has 19 heavy (non-hydrogen) atoms. The van der Waals surface area contributed by atoms with Crippen molar-refractivity contribution in [3.05, 3.63) is 35.9 Å². The van der Waals surface area contributed by atoms with Gasteiger partial charge in [0.1, 0.15) is 6.61 Å². The number of benzene rings is 1. The summed E-state index contributed by atoms with van der Waals surface area (Å²) in [6.45, 7) is -0.502. The van der Waals surface area contributed by atoms with Crippen LogP contribution in [-0.2, 0) is 9.53 Å². The minimum atomic E-state index is -1.76. The van der Waals surface area contributed by atoms with Crippen molar-refractivity contribution in [2.75, 3.05) is 6.61 Å². The molecule has 0 aliphatic carbocycles. The summed E-state index contributed by atoms with van der Waals surface area (Å²) in [6, 6.07) is 6.66. The van der Waals surface area contributed by atoms with Crippen molar-refractivity contribution in [3.63, 3.8) is 0 Å². The van der Waals surface area contributed by atoms with E-state index < -0.39 is 28.5 Å². The lowest BCUT2D eigenvalue weighted by molar-refractivity contribution is -0.308. The molecule has 0 radical (unpaired) electrons. The molecule has 0 saturated heterocycles. The Balaban J connectivity index is 2.65. The van der Waals surface area contributed by atoms with Crippen molar-refractivity contribution in [2.45, 2.75) is 9.83 Å². The standard InChI is InChI=1S/C11H10Cl3NO4/c12-11(13,14)6-19-10(18)15-8(9(16)17)7-4-2-1-3-5-7/h1-5,8H,6H2,(H,15,18)(H,16,17)/p-1/t8-/m1/s1. The van der Waals surface area contributed by atoms with Crippen molar-refractivity contribution in [3.8, 4) is 0 Å². The average Bonchev–Trinajstić information content (AvgIpc) is 2.33. The highest BCUT2D eigenvalue weighted by Crippen LogP contribution is 2.26. The summed E-state index contributed by atoms with van der Waals surface area (Å²) in [5.41, 5.74) is 0.341. The summed E-state index contributed by atoms with van der Waals surface area (Å²) in [5, 5.41) is 13.1. The van der Waals surface area contributed by atoms with E-state index in [1.165, 1.54) is 12.1 Å². The Bertz CT molecular complexity index is 447. The van der Waals surface area contributed by atoms with Gasteiger partial charge in [0.15, 0.2) is 0 Å². The molecule has 0 saturated carbocycles. The van der Waals surface area contributed by atoms with Crippen LogP contribution in [0.2, 0.25) is 0 Å². The topological polar surface area (TPSA) is 78.5 Å². The molecule has 104 valence electrons. The Labute approximate surface area is 124 Å². The third-order valence-electron chi connectivity index (χ3n) is 2.00. The molecule has 0 heterocycles. The fraction of sp³-hybridized carbons (Fsp3) is 0.273. The summed E-state index contributed by atoms with van der Waals surface area (Å²) >= 11 is 16.2. The number of carbonyl (C=O) groups excluding carboxylic acids is 2. The average molecular weight is 326 g/mol. The van der Waals surface area contributed by atoms with Crippen LogP contribution in [-0.4, -0.2) is 22.5 Å². The number of amides is 1. The van der Waals surface area contributed by atoms with Crippen LogP contribution in [0, 0.1) is 0 Å². The molecule has 1 N–H and O–H groups in total. The van der Waals surface area contributed by atoms with Crippen molar-refractivity contribution < 1.29 is 19.4 Å². The van der Waals surface area contributed by atoms with Gasteiger partial charge < -0.3 is 20.0 Å². The number of carboxylic acids is 1. The van der Waals surface area contributed by atoms with Crippen LogP contribution < -0.4 is 10.4 Å². The summed E-state index contributed by atoms with van der Waals surface area (Å²) in [5.74, 6) is -1.47. The van der Waals surface area contributed by atoms with Gasteiger partial charge in [0.05, 0.1) is 12.0 Å². The first-order valence-corrected chi connectivity index (χ1v) is 6.19. The number of alkyl halides is 3. The first-order chi connectivity index (χ1) is 8.79. The van der Waals surface area contributed by atoms with Crippen LogP contribution >= 0.6 is 34.8 Å². The van der Waals surface area contributed by atoms with Crippen LogP contribution in [0.4, 0.5) is 4.79 Å². The molecule has 1 aromatic carbocycles. The van der Waals surface area contributed by atoms with Gasteiger partial charge in [-0.25, -0.2) is 4.79 Å². The van der Waals surface area contributed by atoms with Gasteiger partial charge >= 0.3 is 6.09 Å². The molecule has 0 fully saturated rings. The van der Waals surface area contributed by atoms with Gasteiger partial charge in [-0.3, -0.25) is 0 Å². The molecular weight excluding hydrogens is 316 g/mol. The Kier molecular flexibility index (Phi) is 5.72. The summed E-state index contributed by atoms with van der Waals surface area (Å²) in [4.78, 5) is 22.4. The Morgan fingerprint density at radius 2 is 1.84 bits per heavy atom. The second-order valence-electron chi connectivity index (χ2n) is 3.50. The summed E-state index contributed by atoms with van der Waals surface area (Å²) < 4.78 is 2.81. The fourth-order valence-electron chi connectivity index (χ4n) is 1.23. The Morgan fingerprint density at radius 1 is 1.26 bits per heavy atom. The largest absolute Gasteiger partial charge is 0.548 e. The summed E-state index contributed by atoms with van der Waals surface area (Å²) in [7, 11) is 0. The van der Waals surface area contributed by atoms with Crippen molar-refractivity contribution in [2.24, 2.45) is 0 Å². The Hall–Kier alpha value is -1.17. The van der Waals surface area contributed by atoms with Crippen molar-refractivity contribution in [1.29, 1.82) is 0 Å². The number of nitrogens with one attached hydrogen (secondary N) is 1. The number of halogens is 3. The molecule has 0 aromatic heterocycles. The van der Waals surface area contributed by atoms with E-state index in [0.717, 1.165) is 0 Å². The first-order valence-electron chi connectivity index (χ1n) is 5.05. The van der Waals surface area contributed by atoms with E-state index in [1.54, 1.807) is 18.2 Å². The highest BCUT2D eigenvalue weighted by atomic mass is 35.6. The number of carbonyl (C=O) groups is 2. The molecule has 0 spiro atoms. The molecule has 0 unspecified atom stereocenters. The molecule has 0 aliphatic rings. The maximum atomic E-state index is 11.4. The van der Waals surface area contributed by atoms with Gasteiger partial charge in [0, 0.05) is 0 Å². The highest BCUT2D eigenvalue weighted by molar-refractivity contribution is 6.67. The van der Waals surface area contributed by atoms with Gasteiger partial charge in [-0.1, -0.05) is 65.1 Å². The maximum absolute atomic E-state index is 11.4. The zero-order valence-electron chi connectivity index (χ0n) is 9.44. The van der Waals surface area contributed by atoms with Gasteiger partial charge in [-0.05, 0) is 5.56 Å². The first kappa shape index (κ1) is 15.9. The van der Waals surface area contributed by atoms with Crippen LogP contribution in [0.5, 0.6) is 0 Å². The van der Waals surface area contributed by atoms with Crippen LogP contribution in [0.15, 0.2) is 30.3 Å². The molecule has 1 amide bonds. The van der Waals surface area contributed by atoms with E-state index in [-0.39, 0.29) is 0 Å². The minimum absolute atomic E-state index is 0.341. The van der Waals surface area contributed by atoms with E-state index in [0.29, 0.717) is 5.56 Å². The molecule has 8 heteroatoms. The quantitative estimate of drug-likeness (QED) is 0.852. The third-order valence-corrected chi connectivity index (χ3v) is 2.33.